The van der Waals surface area contributed by atoms with Crippen molar-refractivity contribution in [2.75, 3.05) is 34.0 Å². The van der Waals surface area contributed by atoms with Gasteiger partial charge in [0.2, 0.25) is 27.7 Å². The van der Waals surface area contributed by atoms with E-state index < -0.39 is 86.4 Å². The molecule has 3 heterocycles. The third-order valence-corrected chi connectivity index (χ3v) is 14.2. The van der Waals surface area contributed by atoms with Crippen molar-refractivity contribution in [1.82, 2.24) is 24.8 Å². The van der Waals surface area contributed by atoms with E-state index in [2.05, 4.69) is 15.0 Å². The topological polar surface area (TPSA) is 194 Å². The van der Waals surface area contributed by atoms with Crippen LogP contribution in [0, 0.1) is 17.8 Å². The van der Waals surface area contributed by atoms with Crippen molar-refractivity contribution in [2.45, 2.75) is 107 Å². The lowest BCUT2D eigenvalue weighted by molar-refractivity contribution is -0.147. The molecule has 17 heteroatoms. The highest BCUT2D eigenvalue weighted by Gasteiger charge is 2.64. The standard InChI is InChI=1S/C40H54FN5O10S/c1-24-11-7-8-12-26-19-40(26,36(49)44-57(52,53)39(22-41)15-16-39)43-33(47)30-18-27(56-34-29-14-10-9-13-28(29)31(55-6)20-42-34)21-45(30)35(48)32(25(2)17-24)46(37(50)51)38(3,4)23-54-5/h8-10,12-14,20,24-27,30,32H,7,11,15-19,21-23H2,1-6H3,(H,43,47)(H,44,49)(H,50,51)/t24-,25+,26+,27+,30-,32-,40+/m0/s1. The Morgan fingerprint density at radius 1 is 1.14 bits per heavy atom. The summed E-state index contributed by atoms with van der Waals surface area (Å²) < 4.78 is 58.1. The molecule has 1 aromatic carbocycles. The van der Waals surface area contributed by atoms with Gasteiger partial charge in [-0.2, -0.15) is 0 Å². The predicted molar refractivity (Wildman–Crippen MR) is 208 cm³/mol. The van der Waals surface area contributed by atoms with Gasteiger partial charge in [0, 0.05) is 30.2 Å². The van der Waals surface area contributed by atoms with E-state index in [0.717, 1.165) is 10.3 Å². The zero-order valence-electron chi connectivity index (χ0n) is 33.3. The Bertz CT molecular complexity index is 2030. The van der Waals surface area contributed by atoms with Gasteiger partial charge in [0.15, 0.2) is 0 Å². The van der Waals surface area contributed by atoms with Crippen LogP contribution >= 0.6 is 0 Å². The van der Waals surface area contributed by atoms with E-state index in [1.54, 1.807) is 26.0 Å². The summed E-state index contributed by atoms with van der Waals surface area (Å²) in [6.45, 7) is 5.90. The summed E-state index contributed by atoms with van der Waals surface area (Å²) >= 11 is 0. The molecule has 2 aliphatic heterocycles. The number of benzene rings is 1. The number of carbonyl (C=O) groups is 4. The van der Waals surface area contributed by atoms with E-state index in [-0.39, 0.29) is 50.6 Å². The van der Waals surface area contributed by atoms with E-state index in [1.807, 2.05) is 38.1 Å². The average molecular weight is 816 g/mol. The summed E-state index contributed by atoms with van der Waals surface area (Å²) in [5, 5.41) is 14.9. The Kier molecular flexibility index (Phi) is 11.8. The Hall–Kier alpha value is -4.51. The zero-order chi connectivity index (χ0) is 41.5. The normalized spacial score (nSPS) is 28.9. The molecule has 2 saturated carbocycles. The SMILES string of the molecule is COCC(C)(C)N(C(=O)O)[C@@H]1C(=O)N2C[C@H](Oc3ncc(OC)c4ccccc34)C[C@H]2C(=O)N[C@]2(C(=O)NS(=O)(=O)C3(CF)CC3)C[C@H]2C=CCC[C@H](C)C[C@H]1C. The number of sulfonamides is 1. The number of nitrogens with one attached hydrogen (secondary N) is 2. The number of hydrogen-bond donors (Lipinski definition) is 3. The van der Waals surface area contributed by atoms with Crippen LogP contribution in [-0.4, -0.2) is 120 Å². The number of halogens is 1. The molecule has 15 nitrogen and oxygen atoms in total. The summed E-state index contributed by atoms with van der Waals surface area (Å²) in [4.78, 5) is 63.9. The van der Waals surface area contributed by atoms with Crippen molar-refractivity contribution in [3.05, 3.63) is 42.6 Å². The number of ether oxygens (including phenoxy) is 3. The summed E-state index contributed by atoms with van der Waals surface area (Å²) in [6, 6.07) is 4.78. The first-order valence-corrected chi connectivity index (χ1v) is 20.9. The number of carbonyl (C=O) groups excluding carboxylic acids is 3. The van der Waals surface area contributed by atoms with Crippen LogP contribution in [-0.2, 0) is 29.1 Å². The number of pyridine rings is 1. The number of amides is 4. The molecule has 57 heavy (non-hydrogen) atoms. The maximum atomic E-state index is 15.2. The van der Waals surface area contributed by atoms with Crippen LogP contribution in [0.4, 0.5) is 9.18 Å². The molecule has 2 aliphatic carbocycles. The minimum atomic E-state index is -4.41. The van der Waals surface area contributed by atoms with E-state index in [0.29, 0.717) is 30.4 Å². The van der Waals surface area contributed by atoms with Crippen molar-refractivity contribution in [3.63, 3.8) is 0 Å². The van der Waals surface area contributed by atoms with Gasteiger partial charge in [-0.1, -0.05) is 44.2 Å². The van der Waals surface area contributed by atoms with E-state index in [9.17, 15) is 32.3 Å². The fourth-order valence-corrected chi connectivity index (χ4v) is 10.1. The van der Waals surface area contributed by atoms with Crippen molar-refractivity contribution < 1.29 is 51.3 Å². The summed E-state index contributed by atoms with van der Waals surface area (Å²) in [5.41, 5.74) is -2.86. The van der Waals surface area contributed by atoms with Gasteiger partial charge in [0.25, 0.3) is 5.91 Å². The molecule has 3 N–H and O–H groups in total. The number of methoxy groups -OCH3 is 2. The minimum absolute atomic E-state index is 0.0202. The Morgan fingerprint density at radius 2 is 1.84 bits per heavy atom. The number of alkyl halides is 1. The van der Waals surface area contributed by atoms with Gasteiger partial charge in [-0.15, -0.1) is 0 Å². The number of fused-ring (bicyclic) bond motifs is 3. The molecular formula is C40H54FN5O10S. The number of carboxylic acid groups (broad SMARTS) is 1. The number of nitrogens with zero attached hydrogens (tertiary/aromatic N) is 3. The molecule has 1 saturated heterocycles. The van der Waals surface area contributed by atoms with Crippen LogP contribution in [0.1, 0.15) is 72.6 Å². The van der Waals surface area contributed by atoms with E-state index in [1.165, 1.54) is 25.3 Å². The largest absolute Gasteiger partial charge is 0.494 e. The highest BCUT2D eigenvalue weighted by molar-refractivity contribution is 7.91. The lowest BCUT2D eigenvalue weighted by Gasteiger charge is -2.45. The molecule has 4 amide bonds. The Morgan fingerprint density at radius 3 is 2.47 bits per heavy atom. The van der Waals surface area contributed by atoms with Gasteiger partial charge in [-0.05, 0) is 70.3 Å². The fraction of sp³-hybridized carbons (Fsp3) is 0.625. The number of hydrogen-bond acceptors (Lipinski definition) is 10. The lowest BCUT2D eigenvalue weighted by atomic mass is 9.85. The molecule has 0 unspecified atom stereocenters. The molecule has 7 atom stereocenters. The van der Waals surface area contributed by atoms with Crippen molar-refractivity contribution in [3.8, 4) is 11.6 Å². The number of allylic oxidation sites excluding steroid dienone is 1. The van der Waals surface area contributed by atoms with Crippen LogP contribution in [0.25, 0.3) is 10.8 Å². The molecule has 2 aromatic rings. The van der Waals surface area contributed by atoms with Crippen molar-refractivity contribution in [2.24, 2.45) is 17.8 Å². The molecular weight excluding hydrogens is 762 g/mol. The first kappa shape index (κ1) is 42.1. The summed E-state index contributed by atoms with van der Waals surface area (Å²) in [6.07, 6.45) is 4.93. The van der Waals surface area contributed by atoms with Gasteiger partial charge in [0.05, 0.1) is 32.0 Å². The second-order valence-corrected chi connectivity index (χ2v) is 18.9. The van der Waals surface area contributed by atoms with Crippen LogP contribution in [0.5, 0.6) is 11.6 Å². The Labute approximate surface area is 332 Å². The highest BCUT2D eigenvalue weighted by Crippen LogP contribution is 2.48. The molecule has 4 aliphatic rings. The smallest absolute Gasteiger partial charge is 0.408 e. The molecule has 0 spiro atoms. The molecule has 0 bridgehead atoms. The maximum absolute atomic E-state index is 15.2. The van der Waals surface area contributed by atoms with Crippen LogP contribution in [0.15, 0.2) is 42.6 Å². The molecule has 0 radical (unpaired) electrons. The zero-order valence-corrected chi connectivity index (χ0v) is 34.1. The quantitative estimate of drug-likeness (QED) is 0.276. The predicted octanol–water partition coefficient (Wildman–Crippen LogP) is 4.20. The summed E-state index contributed by atoms with van der Waals surface area (Å²) in [7, 11) is -1.44. The van der Waals surface area contributed by atoms with Gasteiger partial charge >= 0.3 is 6.09 Å². The monoisotopic (exact) mass is 815 g/mol. The summed E-state index contributed by atoms with van der Waals surface area (Å²) in [5.74, 6) is -2.65. The second-order valence-electron chi connectivity index (χ2n) is 16.8. The first-order valence-electron chi connectivity index (χ1n) is 19.5. The fourth-order valence-electron chi connectivity index (χ4n) is 8.63. The van der Waals surface area contributed by atoms with Gasteiger partial charge in [0.1, 0.15) is 40.9 Å². The molecule has 312 valence electrons. The molecule has 6 rings (SSSR count). The molecule has 1 aromatic heterocycles. The van der Waals surface area contributed by atoms with Crippen molar-refractivity contribution >= 4 is 44.6 Å². The van der Waals surface area contributed by atoms with Crippen LogP contribution < -0.4 is 19.5 Å². The van der Waals surface area contributed by atoms with Crippen LogP contribution in [0.3, 0.4) is 0 Å². The number of rotatable bonds is 11. The highest BCUT2D eigenvalue weighted by atomic mass is 32.2. The molecule has 3 fully saturated rings. The maximum Gasteiger partial charge on any atom is 0.408 e. The minimum Gasteiger partial charge on any atom is -0.494 e. The van der Waals surface area contributed by atoms with Gasteiger partial charge < -0.3 is 29.5 Å². The average Bonchev–Trinajstić information content (AvgIpc) is 4.06. The van der Waals surface area contributed by atoms with Gasteiger partial charge in [-0.3, -0.25) is 24.0 Å². The third-order valence-electron chi connectivity index (χ3n) is 12.1. The third kappa shape index (κ3) is 8.14. The van der Waals surface area contributed by atoms with Gasteiger partial charge in [-0.25, -0.2) is 22.6 Å². The van der Waals surface area contributed by atoms with Crippen LogP contribution in [0.2, 0.25) is 0 Å². The first-order chi connectivity index (χ1) is 26.9. The lowest BCUT2D eigenvalue weighted by Crippen LogP contribution is -2.64. The van der Waals surface area contributed by atoms with E-state index in [4.69, 9.17) is 14.2 Å². The Balaban J connectivity index is 1.41. The number of aromatic nitrogens is 1. The van der Waals surface area contributed by atoms with E-state index >= 15 is 4.79 Å². The second kappa shape index (κ2) is 16.0. The van der Waals surface area contributed by atoms with Crippen molar-refractivity contribution in [1.29, 1.82) is 0 Å².